The zero-order chi connectivity index (χ0) is 38.0. The quantitative estimate of drug-likeness (QED) is 0.136. The van der Waals surface area contributed by atoms with Crippen LogP contribution in [-0.4, -0.2) is 19.5 Å². The molecule has 0 unspecified atom stereocenters. The van der Waals surface area contributed by atoms with E-state index in [1.807, 2.05) is 0 Å². The molecule has 0 spiro atoms. The summed E-state index contributed by atoms with van der Waals surface area (Å²) >= 11 is 0. The van der Waals surface area contributed by atoms with E-state index < -0.39 is 81.8 Å². The number of hydrogen-bond acceptors (Lipinski definition) is 5. The number of ether oxygens (including phenoxy) is 5. The molecule has 2 fully saturated rings. The molecule has 1 saturated heterocycles. The summed E-state index contributed by atoms with van der Waals surface area (Å²) in [6, 6.07) is -0.163. The molecule has 5 nitrogen and oxygen atoms in total. The van der Waals surface area contributed by atoms with Crippen molar-refractivity contribution in [3.8, 4) is 17.2 Å². The normalized spacial score (nSPS) is 21.1. The van der Waals surface area contributed by atoms with Gasteiger partial charge >= 0.3 is 24.3 Å². The van der Waals surface area contributed by atoms with Crippen molar-refractivity contribution in [3.63, 3.8) is 0 Å². The molecule has 1 aliphatic heterocycles. The van der Waals surface area contributed by atoms with Crippen molar-refractivity contribution in [2.75, 3.05) is 13.2 Å². The molecule has 17 heteroatoms. The average Bonchev–Trinajstić information content (AvgIpc) is 3.05. The van der Waals surface area contributed by atoms with Gasteiger partial charge in [0.05, 0.1) is 18.8 Å². The van der Waals surface area contributed by atoms with Crippen molar-refractivity contribution in [2.24, 2.45) is 11.8 Å². The molecular formula is C35H30F12O5. The van der Waals surface area contributed by atoms with Crippen molar-refractivity contribution < 1.29 is 76.4 Å². The topological polar surface area (TPSA) is 46.2 Å². The van der Waals surface area contributed by atoms with Gasteiger partial charge in [-0.05, 0) is 55.7 Å². The van der Waals surface area contributed by atoms with Crippen LogP contribution in [0.2, 0.25) is 0 Å². The summed E-state index contributed by atoms with van der Waals surface area (Å²) in [7, 11) is 0. The Hall–Kier alpha value is -4.12. The van der Waals surface area contributed by atoms with Crippen LogP contribution in [0.25, 0.3) is 0 Å². The van der Waals surface area contributed by atoms with Gasteiger partial charge in [0.25, 0.3) is 0 Å². The second-order valence-electron chi connectivity index (χ2n) is 12.4. The molecule has 1 heterocycles. The highest BCUT2D eigenvalue weighted by Gasteiger charge is 2.44. The number of hydrogen-bond donors (Lipinski definition) is 0. The lowest BCUT2D eigenvalue weighted by Crippen LogP contribution is -2.38. The lowest BCUT2D eigenvalue weighted by atomic mass is 9.78. The van der Waals surface area contributed by atoms with Crippen LogP contribution in [0.3, 0.4) is 0 Å². The summed E-state index contributed by atoms with van der Waals surface area (Å²) < 4.78 is 194. The number of alkyl halides is 4. The second-order valence-corrected chi connectivity index (χ2v) is 12.4. The Morgan fingerprint density at radius 1 is 0.712 bits per heavy atom. The molecular weight excluding hydrogens is 728 g/mol. The van der Waals surface area contributed by atoms with Gasteiger partial charge in [0, 0.05) is 36.1 Å². The first-order valence-corrected chi connectivity index (χ1v) is 16.0. The molecule has 5 rings (SSSR count). The largest absolute Gasteiger partial charge is 0.432 e. The average molecular weight is 759 g/mol. The molecule has 0 N–H and O–H groups in total. The van der Waals surface area contributed by atoms with Crippen molar-refractivity contribution >= 4 is 0 Å². The number of halogens is 12. The van der Waals surface area contributed by atoms with Crippen molar-refractivity contribution in [1.29, 1.82) is 0 Å². The SMILES string of the molecule is CCCC1COC(C2CCC(c3ccc(C(F)(F)Oc4cc(F)c(C(F)(F)Oc5cc(F)c(OC(F)=C(F)F)c(F)c5)c(F)c4)c(F)c3)CC2)OC1. The van der Waals surface area contributed by atoms with E-state index in [4.69, 9.17) is 9.47 Å². The fourth-order valence-corrected chi connectivity index (χ4v) is 6.26. The zero-order valence-corrected chi connectivity index (χ0v) is 27.1. The molecule has 1 aliphatic carbocycles. The standard InChI is InChI=1S/C35H30F12O5/c1-2-3-17-15-48-33(49-16-17)19-6-4-18(5-7-19)20-8-9-23(24(36)10-20)34(44,45)51-21-11-25(37)29(26(38)12-21)35(46,47)52-22-13-27(39)30(28(40)14-22)50-32(43)31(41)42/h8-14,17-19,33H,2-7,15-16H2,1H3. The maximum Gasteiger partial charge on any atom is 0.432 e. The summed E-state index contributed by atoms with van der Waals surface area (Å²) in [5.74, 6) is -14.2. The minimum Gasteiger partial charge on any atom is -0.429 e. The zero-order valence-electron chi connectivity index (χ0n) is 27.1. The number of rotatable bonds is 12. The monoisotopic (exact) mass is 758 g/mol. The maximum atomic E-state index is 15.1. The van der Waals surface area contributed by atoms with Crippen molar-refractivity contribution in [1.82, 2.24) is 0 Å². The van der Waals surface area contributed by atoms with Gasteiger partial charge in [-0.25, -0.2) is 22.0 Å². The van der Waals surface area contributed by atoms with Gasteiger partial charge in [-0.2, -0.15) is 30.7 Å². The summed E-state index contributed by atoms with van der Waals surface area (Å²) in [6.45, 7) is 3.31. The van der Waals surface area contributed by atoms with Gasteiger partial charge in [-0.1, -0.05) is 19.4 Å². The molecule has 2 aliphatic rings. The Kier molecular flexibility index (Phi) is 11.9. The second kappa shape index (κ2) is 15.9. The highest BCUT2D eigenvalue weighted by molar-refractivity contribution is 5.38. The Balaban J connectivity index is 1.24. The van der Waals surface area contributed by atoms with Gasteiger partial charge in [-0.15, -0.1) is 0 Å². The number of benzene rings is 3. The summed E-state index contributed by atoms with van der Waals surface area (Å²) in [6.07, 6.45) is -8.42. The van der Waals surface area contributed by atoms with E-state index in [2.05, 4.69) is 21.1 Å². The predicted octanol–water partition coefficient (Wildman–Crippen LogP) is 11.1. The van der Waals surface area contributed by atoms with Crippen molar-refractivity contribution in [3.05, 3.63) is 100 Å². The summed E-state index contributed by atoms with van der Waals surface area (Å²) in [4.78, 5) is 0. The molecule has 52 heavy (non-hydrogen) atoms. The van der Waals surface area contributed by atoms with Crippen LogP contribution < -0.4 is 14.2 Å². The van der Waals surface area contributed by atoms with Crippen LogP contribution in [0.1, 0.15) is 68.1 Å². The van der Waals surface area contributed by atoms with E-state index in [1.54, 1.807) is 0 Å². The smallest absolute Gasteiger partial charge is 0.429 e. The minimum atomic E-state index is -5.08. The van der Waals surface area contributed by atoms with Crippen LogP contribution in [0.5, 0.6) is 17.2 Å². The van der Waals surface area contributed by atoms with Crippen LogP contribution in [0.15, 0.2) is 54.6 Å². The Bertz CT molecular complexity index is 1720. The molecule has 3 aromatic carbocycles. The predicted molar refractivity (Wildman–Crippen MR) is 158 cm³/mol. The maximum absolute atomic E-state index is 15.1. The van der Waals surface area contributed by atoms with Crippen molar-refractivity contribution in [2.45, 2.75) is 69.9 Å². The Morgan fingerprint density at radius 2 is 1.25 bits per heavy atom. The van der Waals surface area contributed by atoms with E-state index in [9.17, 15) is 39.5 Å². The molecule has 1 saturated carbocycles. The van der Waals surface area contributed by atoms with Gasteiger partial charge in [0.15, 0.2) is 17.9 Å². The van der Waals surface area contributed by atoms with E-state index in [1.165, 1.54) is 6.07 Å². The lowest BCUT2D eigenvalue weighted by molar-refractivity contribution is -0.229. The first-order valence-electron chi connectivity index (χ1n) is 16.0. The van der Waals surface area contributed by atoms with Gasteiger partial charge in [0.1, 0.15) is 34.5 Å². The molecule has 0 amide bonds. The van der Waals surface area contributed by atoms with Crippen LogP contribution in [0, 0.1) is 40.9 Å². The molecule has 0 radical (unpaired) electrons. The van der Waals surface area contributed by atoms with E-state index >= 15 is 13.2 Å². The van der Waals surface area contributed by atoms with Gasteiger partial charge in [-0.3, -0.25) is 0 Å². The molecule has 3 aromatic rings. The van der Waals surface area contributed by atoms with E-state index in [0.29, 0.717) is 50.4 Å². The lowest BCUT2D eigenvalue weighted by Gasteiger charge is -2.37. The molecule has 0 bridgehead atoms. The third-order valence-electron chi connectivity index (χ3n) is 8.73. The Labute approximate surface area is 289 Å². The van der Waals surface area contributed by atoms with E-state index in [0.717, 1.165) is 25.0 Å². The van der Waals surface area contributed by atoms with Crippen LogP contribution in [0.4, 0.5) is 52.7 Å². The first-order chi connectivity index (χ1) is 24.5. The third kappa shape index (κ3) is 8.90. The van der Waals surface area contributed by atoms with E-state index in [-0.39, 0.29) is 42.4 Å². The summed E-state index contributed by atoms with van der Waals surface area (Å²) in [5, 5.41) is 0. The van der Waals surface area contributed by atoms with Gasteiger partial charge < -0.3 is 23.7 Å². The summed E-state index contributed by atoms with van der Waals surface area (Å²) in [5.41, 5.74) is -3.09. The van der Waals surface area contributed by atoms with Gasteiger partial charge in [0.2, 0.25) is 5.75 Å². The molecule has 0 atom stereocenters. The van der Waals surface area contributed by atoms with Crippen LogP contribution >= 0.6 is 0 Å². The fraction of sp³-hybridized carbons (Fsp3) is 0.429. The molecule has 284 valence electrons. The molecule has 0 aromatic heterocycles. The first kappa shape index (κ1) is 39.1. The third-order valence-corrected chi connectivity index (χ3v) is 8.73. The Morgan fingerprint density at radius 3 is 1.77 bits per heavy atom. The fourth-order valence-electron chi connectivity index (χ4n) is 6.26. The highest BCUT2D eigenvalue weighted by atomic mass is 19.3. The highest BCUT2D eigenvalue weighted by Crippen LogP contribution is 2.43. The van der Waals surface area contributed by atoms with Crippen LogP contribution in [-0.2, 0) is 21.7 Å². The minimum absolute atomic E-state index is 0.0866.